The lowest BCUT2D eigenvalue weighted by Crippen LogP contribution is -2.36. The van der Waals surface area contributed by atoms with Crippen LogP contribution in [0.5, 0.6) is 0 Å². The maximum atomic E-state index is 12.4. The Morgan fingerprint density at radius 2 is 1.75 bits per heavy atom. The molecule has 0 aromatic carbocycles. The molecule has 5 rings (SSSR count). The Morgan fingerprint density at radius 1 is 1.00 bits per heavy atom. The topological polar surface area (TPSA) is 129 Å². The van der Waals surface area contributed by atoms with Crippen molar-refractivity contribution < 1.29 is 24.2 Å². The number of allylic oxidation sites excluding steroid dienone is 4. The van der Waals surface area contributed by atoms with Gasteiger partial charge in [0, 0.05) is 43.5 Å². The van der Waals surface area contributed by atoms with Gasteiger partial charge in [-0.2, -0.15) is 11.8 Å². The number of hydrogen-bond donors (Lipinski definition) is 5. The maximum Gasteiger partial charge on any atom is 0.315 e. The first kappa shape index (κ1) is 44.8. The van der Waals surface area contributed by atoms with Gasteiger partial charge in [0.2, 0.25) is 11.8 Å². The van der Waals surface area contributed by atoms with E-state index in [0.717, 1.165) is 88.7 Å². The maximum absolute atomic E-state index is 12.4. The third-order valence-corrected chi connectivity index (χ3v) is 15.3. The SMILES string of the molecule is C=C1CC[C@H](OCCCNC(=O)CCCCCNC(=O)CCCC[C@@H]2SC[C@@H]3NC(=O)N[C@@H]32)C/C1=C/C=C1\CCC[C@@]2(C)C1CC[C@@H]2C(C)CCCC(C)(C)O. The van der Waals surface area contributed by atoms with Gasteiger partial charge in [0.1, 0.15) is 0 Å². The highest BCUT2D eigenvalue weighted by Gasteiger charge is 2.50. The van der Waals surface area contributed by atoms with Crippen molar-refractivity contribution in [3.05, 3.63) is 35.5 Å². The summed E-state index contributed by atoms with van der Waals surface area (Å²) in [6.07, 6.45) is 25.0. The fourth-order valence-corrected chi connectivity index (χ4v) is 12.2. The second kappa shape index (κ2) is 21.6. The molecular formula is C46H76N4O5S. The number of aliphatic hydroxyl groups is 1. The highest BCUT2D eigenvalue weighted by molar-refractivity contribution is 8.00. The summed E-state index contributed by atoms with van der Waals surface area (Å²) < 4.78 is 6.31. The zero-order valence-corrected chi connectivity index (χ0v) is 36.2. The molecule has 3 aliphatic carbocycles. The van der Waals surface area contributed by atoms with Crippen molar-refractivity contribution in [3.63, 3.8) is 0 Å². The van der Waals surface area contributed by atoms with Crippen molar-refractivity contribution in [2.24, 2.45) is 23.2 Å². The molecule has 2 aliphatic heterocycles. The third-order valence-electron chi connectivity index (χ3n) is 13.8. The van der Waals surface area contributed by atoms with Gasteiger partial charge < -0.3 is 31.1 Å². The quantitative estimate of drug-likeness (QED) is 0.0551. The summed E-state index contributed by atoms with van der Waals surface area (Å²) in [5.74, 6) is 3.31. The van der Waals surface area contributed by atoms with Crippen LogP contribution in [0.1, 0.15) is 156 Å². The van der Waals surface area contributed by atoms with Gasteiger partial charge in [-0.05, 0) is 132 Å². The lowest BCUT2D eigenvalue weighted by molar-refractivity contribution is -0.122. The molecule has 4 amide bonds. The molecule has 2 unspecified atom stereocenters. The Bertz CT molecular complexity index is 1390. The van der Waals surface area contributed by atoms with Crippen LogP contribution in [0.2, 0.25) is 0 Å². The number of hydrogen-bond acceptors (Lipinski definition) is 6. The molecule has 0 radical (unpaired) electrons. The van der Waals surface area contributed by atoms with E-state index >= 15 is 0 Å². The van der Waals surface area contributed by atoms with Gasteiger partial charge in [0.15, 0.2) is 0 Å². The zero-order valence-electron chi connectivity index (χ0n) is 35.4. The van der Waals surface area contributed by atoms with Crippen molar-refractivity contribution >= 4 is 29.6 Å². The van der Waals surface area contributed by atoms with E-state index in [1.807, 2.05) is 25.6 Å². The summed E-state index contributed by atoms with van der Waals surface area (Å²) in [7, 11) is 0. The van der Waals surface area contributed by atoms with Crippen LogP contribution in [0.25, 0.3) is 0 Å². The predicted molar refractivity (Wildman–Crippen MR) is 229 cm³/mol. The summed E-state index contributed by atoms with van der Waals surface area (Å²) in [6.45, 7) is 15.3. The monoisotopic (exact) mass is 797 g/mol. The molecular weight excluding hydrogens is 721 g/mol. The van der Waals surface area contributed by atoms with Gasteiger partial charge in [0.05, 0.1) is 23.8 Å². The minimum atomic E-state index is -0.565. The van der Waals surface area contributed by atoms with E-state index in [0.29, 0.717) is 55.0 Å². The van der Waals surface area contributed by atoms with Gasteiger partial charge >= 0.3 is 6.03 Å². The molecule has 8 atom stereocenters. The number of amides is 4. The Morgan fingerprint density at radius 3 is 2.52 bits per heavy atom. The molecule has 316 valence electrons. The average molecular weight is 797 g/mol. The summed E-state index contributed by atoms with van der Waals surface area (Å²) in [4.78, 5) is 36.2. The fourth-order valence-electron chi connectivity index (χ4n) is 10.6. The van der Waals surface area contributed by atoms with Gasteiger partial charge in [0.25, 0.3) is 0 Å². The molecule has 2 saturated heterocycles. The second-order valence-corrected chi connectivity index (χ2v) is 20.1. The third kappa shape index (κ3) is 13.4. The van der Waals surface area contributed by atoms with Crippen LogP contribution in [0.15, 0.2) is 35.5 Å². The molecule has 3 saturated carbocycles. The number of nitrogens with one attached hydrogen (secondary N) is 4. The summed E-state index contributed by atoms with van der Waals surface area (Å²) in [5, 5.41) is 22.7. The van der Waals surface area contributed by atoms with Crippen LogP contribution < -0.4 is 21.3 Å². The molecule has 9 nitrogen and oxygen atoms in total. The first-order chi connectivity index (χ1) is 26.8. The second-order valence-electron chi connectivity index (χ2n) is 18.8. The fraction of sp³-hybridized carbons (Fsp3) is 0.804. The first-order valence-electron chi connectivity index (χ1n) is 22.5. The predicted octanol–water partition coefficient (Wildman–Crippen LogP) is 8.67. The van der Waals surface area contributed by atoms with Crippen LogP contribution in [-0.2, 0) is 14.3 Å². The van der Waals surface area contributed by atoms with Crippen LogP contribution in [0.4, 0.5) is 4.79 Å². The normalized spacial score (nSPS) is 30.9. The minimum absolute atomic E-state index is 0.0506. The molecule has 0 aromatic heterocycles. The van der Waals surface area contributed by atoms with Crippen LogP contribution in [0, 0.1) is 23.2 Å². The smallest absolute Gasteiger partial charge is 0.315 e. The van der Waals surface area contributed by atoms with E-state index in [1.54, 1.807) is 5.57 Å². The lowest BCUT2D eigenvalue weighted by atomic mass is 9.60. The van der Waals surface area contributed by atoms with Crippen LogP contribution in [0.3, 0.4) is 0 Å². The number of thioether (sulfide) groups is 1. The summed E-state index contributed by atoms with van der Waals surface area (Å²) >= 11 is 1.92. The first-order valence-corrected chi connectivity index (χ1v) is 23.5. The zero-order chi connectivity index (χ0) is 40.1. The molecule has 5 N–H and O–H groups in total. The Labute approximate surface area is 343 Å². The number of ether oxygens (including phenoxy) is 1. The number of rotatable bonds is 22. The number of unbranched alkanes of at least 4 members (excludes halogenated alkanes) is 3. The van der Waals surface area contributed by atoms with Crippen molar-refractivity contribution in [1.29, 1.82) is 0 Å². The van der Waals surface area contributed by atoms with Crippen molar-refractivity contribution in [1.82, 2.24) is 21.3 Å². The van der Waals surface area contributed by atoms with Crippen LogP contribution in [-0.4, -0.2) is 77.4 Å². The van der Waals surface area contributed by atoms with E-state index in [2.05, 4.69) is 53.8 Å². The van der Waals surface area contributed by atoms with E-state index in [1.165, 1.54) is 49.7 Å². The molecule has 5 aliphatic rings. The molecule has 0 bridgehead atoms. The van der Waals surface area contributed by atoms with Crippen LogP contribution >= 0.6 is 11.8 Å². The molecule has 2 heterocycles. The Hall–Kier alpha value is -2.30. The van der Waals surface area contributed by atoms with Gasteiger partial charge in [-0.25, -0.2) is 4.79 Å². The Kier molecular flexibility index (Phi) is 17.3. The molecule has 56 heavy (non-hydrogen) atoms. The van der Waals surface area contributed by atoms with E-state index in [4.69, 9.17) is 4.74 Å². The van der Waals surface area contributed by atoms with Crippen molar-refractivity contribution in [3.8, 4) is 0 Å². The number of carbonyl (C=O) groups is 3. The number of fused-ring (bicyclic) bond motifs is 2. The number of urea groups is 1. The lowest BCUT2D eigenvalue weighted by Gasteiger charge is -2.44. The molecule has 10 heteroatoms. The molecule has 5 fully saturated rings. The largest absolute Gasteiger partial charge is 0.390 e. The Balaban J connectivity index is 0.891. The minimum Gasteiger partial charge on any atom is -0.390 e. The van der Waals surface area contributed by atoms with E-state index < -0.39 is 5.60 Å². The van der Waals surface area contributed by atoms with Gasteiger partial charge in [-0.3, -0.25) is 9.59 Å². The molecule has 0 aromatic rings. The summed E-state index contributed by atoms with van der Waals surface area (Å²) in [6, 6.07) is 0.431. The van der Waals surface area contributed by atoms with Gasteiger partial charge in [-0.1, -0.05) is 69.4 Å². The summed E-state index contributed by atoms with van der Waals surface area (Å²) in [5.41, 5.74) is 4.06. The van der Waals surface area contributed by atoms with E-state index in [9.17, 15) is 19.5 Å². The van der Waals surface area contributed by atoms with Crippen molar-refractivity contribution in [2.45, 2.75) is 185 Å². The highest BCUT2D eigenvalue weighted by atomic mass is 32.2. The average Bonchev–Trinajstić information content (AvgIpc) is 3.82. The number of carbonyl (C=O) groups excluding carboxylic acids is 3. The van der Waals surface area contributed by atoms with E-state index in [-0.39, 0.29) is 36.0 Å². The van der Waals surface area contributed by atoms with Crippen molar-refractivity contribution in [2.75, 3.05) is 25.4 Å². The standard InChI is InChI=1S/C46H76N4O5S/c1-32-19-22-36(30-35(32)21-20-34-15-12-26-46(5)37(23-24-38(34)46)33(2)14-11-25-45(3,4)54)55-29-13-28-48-41(51)17-7-6-10-27-47-42(52)18-9-8-16-40-43-39(31-56-40)49-44(53)50-43/h20-21,33,36-40,43,54H,1,6-19,22-31H2,2-5H3,(H,47,52)(H,48,51)(H2,49,50,53)/b34-20+,35-21-/t33?,36-,37+,38?,39-,40-,43-,46+/m0/s1. The molecule has 0 spiro atoms. The van der Waals surface area contributed by atoms with Gasteiger partial charge in [-0.15, -0.1) is 0 Å². The highest BCUT2D eigenvalue weighted by Crippen LogP contribution is 2.60.